The normalized spacial score (nSPS) is 12.4. The van der Waals surface area contributed by atoms with E-state index < -0.39 is 0 Å². The van der Waals surface area contributed by atoms with Gasteiger partial charge in [-0.15, -0.1) is 0 Å². The summed E-state index contributed by atoms with van der Waals surface area (Å²) in [7, 11) is 1.98. The summed E-state index contributed by atoms with van der Waals surface area (Å²) < 4.78 is 14.3. The van der Waals surface area contributed by atoms with Crippen molar-refractivity contribution in [3.63, 3.8) is 0 Å². The average Bonchev–Trinajstić information content (AvgIpc) is 2.42. The van der Waals surface area contributed by atoms with Crippen molar-refractivity contribution in [1.82, 2.24) is 5.32 Å². The van der Waals surface area contributed by atoms with Gasteiger partial charge >= 0.3 is 0 Å². The van der Waals surface area contributed by atoms with Gasteiger partial charge in [0.15, 0.2) is 0 Å². The zero-order valence-electron chi connectivity index (χ0n) is 12.5. The number of aryl methyl sites for hydroxylation is 1. The highest BCUT2D eigenvalue weighted by Gasteiger charge is 2.12. The highest BCUT2D eigenvalue weighted by molar-refractivity contribution is 9.10. The third-order valence-electron chi connectivity index (χ3n) is 3.72. The molecular formula is C18H21BrFN. The van der Waals surface area contributed by atoms with Crippen LogP contribution in [0.5, 0.6) is 0 Å². The predicted octanol–water partition coefficient (Wildman–Crippen LogP) is 4.52. The second-order valence-electron chi connectivity index (χ2n) is 5.53. The molecule has 0 bridgehead atoms. The molecule has 0 saturated heterocycles. The minimum Gasteiger partial charge on any atom is -0.319 e. The van der Waals surface area contributed by atoms with E-state index in [0.29, 0.717) is 5.92 Å². The molecular weight excluding hydrogens is 329 g/mol. The van der Waals surface area contributed by atoms with Crippen LogP contribution in [0, 0.1) is 18.7 Å². The second kappa shape index (κ2) is 7.71. The Morgan fingerprint density at radius 2 is 1.95 bits per heavy atom. The zero-order chi connectivity index (χ0) is 15.2. The summed E-state index contributed by atoms with van der Waals surface area (Å²) >= 11 is 3.52. The number of hydrogen-bond donors (Lipinski definition) is 1. The lowest BCUT2D eigenvalue weighted by atomic mass is 9.90. The topological polar surface area (TPSA) is 12.0 Å². The molecule has 112 valence electrons. The molecule has 0 heterocycles. The van der Waals surface area contributed by atoms with Crippen LogP contribution in [0.3, 0.4) is 0 Å². The minimum absolute atomic E-state index is 0.159. The first-order chi connectivity index (χ1) is 10.1. The van der Waals surface area contributed by atoms with Crippen molar-refractivity contribution < 1.29 is 4.39 Å². The summed E-state index contributed by atoms with van der Waals surface area (Å²) in [6.45, 7) is 2.93. The maximum absolute atomic E-state index is 13.2. The summed E-state index contributed by atoms with van der Waals surface area (Å²) in [6.07, 6.45) is 1.97. The Morgan fingerprint density at radius 1 is 1.14 bits per heavy atom. The van der Waals surface area contributed by atoms with Crippen molar-refractivity contribution in [3.05, 3.63) is 69.4 Å². The van der Waals surface area contributed by atoms with E-state index in [1.807, 2.05) is 26.1 Å². The number of halogens is 2. The van der Waals surface area contributed by atoms with Gasteiger partial charge in [-0.2, -0.15) is 0 Å². The average molecular weight is 350 g/mol. The molecule has 2 aromatic carbocycles. The van der Waals surface area contributed by atoms with Gasteiger partial charge in [0.1, 0.15) is 5.82 Å². The van der Waals surface area contributed by atoms with Gasteiger partial charge in [-0.1, -0.05) is 34.1 Å². The van der Waals surface area contributed by atoms with E-state index in [9.17, 15) is 4.39 Å². The largest absolute Gasteiger partial charge is 0.319 e. The summed E-state index contributed by atoms with van der Waals surface area (Å²) in [5.74, 6) is 0.335. The Kier molecular flexibility index (Phi) is 5.95. The molecule has 0 aliphatic carbocycles. The lowest BCUT2D eigenvalue weighted by Crippen LogP contribution is -2.23. The van der Waals surface area contributed by atoms with Gasteiger partial charge in [0.05, 0.1) is 0 Å². The molecule has 1 nitrogen and oxygen atoms in total. The third-order valence-corrected chi connectivity index (χ3v) is 4.21. The molecule has 3 heteroatoms. The van der Waals surface area contributed by atoms with Crippen LogP contribution in [0.1, 0.15) is 16.7 Å². The molecule has 0 radical (unpaired) electrons. The van der Waals surface area contributed by atoms with Crippen molar-refractivity contribution >= 4 is 15.9 Å². The molecule has 21 heavy (non-hydrogen) atoms. The Balaban J connectivity index is 2.11. The fraction of sp³-hybridized carbons (Fsp3) is 0.333. The maximum atomic E-state index is 13.2. The SMILES string of the molecule is CNCC(Cc1cccc(Br)c1)Cc1ccc(F)cc1C. The Morgan fingerprint density at radius 3 is 2.62 bits per heavy atom. The molecule has 0 aliphatic rings. The first kappa shape index (κ1) is 16.2. The molecule has 0 aliphatic heterocycles. The van der Waals surface area contributed by atoms with Gasteiger partial charge in [0, 0.05) is 4.47 Å². The Labute approximate surface area is 134 Å². The van der Waals surface area contributed by atoms with E-state index in [0.717, 1.165) is 29.4 Å². The smallest absolute Gasteiger partial charge is 0.123 e. The van der Waals surface area contributed by atoms with E-state index in [1.165, 1.54) is 11.1 Å². The van der Waals surface area contributed by atoms with Crippen molar-refractivity contribution in [2.24, 2.45) is 5.92 Å². The monoisotopic (exact) mass is 349 g/mol. The number of nitrogens with one attached hydrogen (secondary N) is 1. The molecule has 0 amide bonds. The molecule has 2 rings (SSSR count). The molecule has 2 aromatic rings. The third kappa shape index (κ3) is 4.94. The molecule has 0 aromatic heterocycles. The first-order valence-electron chi connectivity index (χ1n) is 7.22. The van der Waals surface area contributed by atoms with Gasteiger partial charge in [0.2, 0.25) is 0 Å². The van der Waals surface area contributed by atoms with Gasteiger partial charge < -0.3 is 5.32 Å². The van der Waals surface area contributed by atoms with Crippen molar-refractivity contribution in [1.29, 1.82) is 0 Å². The van der Waals surface area contributed by atoms with Crippen LogP contribution in [-0.2, 0) is 12.8 Å². The lowest BCUT2D eigenvalue weighted by Gasteiger charge is -2.18. The molecule has 1 N–H and O–H groups in total. The van der Waals surface area contributed by atoms with Gasteiger partial charge in [0.25, 0.3) is 0 Å². The predicted molar refractivity (Wildman–Crippen MR) is 90.1 cm³/mol. The maximum Gasteiger partial charge on any atom is 0.123 e. The van der Waals surface area contributed by atoms with Gasteiger partial charge in [-0.05, 0) is 80.2 Å². The summed E-state index contributed by atoms with van der Waals surface area (Å²) in [5.41, 5.74) is 3.58. The van der Waals surface area contributed by atoms with E-state index in [2.05, 4.69) is 39.4 Å². The second-order valence-corrected chi connectivity index (χ2v) is 6.45. The van der Waals surface area contributed by atoms with Crippen LogP contribution in [0.25, 0.3) is 0 Å². The fourth-order valence-corrected chi connectivity index (χ4v) is 3.15. The summed E-state index contributed by atoms with van der Waals surface area (Å²) in [4.78, 5) is 0. The molecule has 0 spiro atoms. The fourth-order valence-electron chi connectivity index (χ4n) is 2.70. The van der Waals surface area contributed by atoms with Gasteiger partial charge in [-0.3, -0.25) is 0 Å². The number of benzene rings is 2. The molecule has 1 atom stereocenters. The van der Waals surface area contributed by atoms with E-state index >= 15 is 0 Å². The van der Waals surface area contributed by atoms with Crippen LogP contribution < -0.4 is 5.32 Å². The first-order valence-corrected chi connectivity index (χ1v) is 8.02. The van der Waals surface area contributed by atoms with Crippen molar-refractivity contribution in [3.8, 4) is 0 Å². The summed E-state index contributed by atoms with van der Waals surface area (Å²) in [6, 6.07) is 13.5. The van der Waals surface area contributed by atoms with Crippen LogP contribution in [-0.4, -0.2) is 13.6 Å². The van der Waals surface area contributed by atoms with E-state index in [1.54, 1.807) is 12.1 Å². The Hall–Kier alpha value is -1.19. The molecule has 0 saturated carbocycles. The van der Waals surface area contributed by atoms with Gasteiger partial charge in [-0.25, -0.2) is 4.39 Å². The minimum atomic E-state index is -0.159. The molecule has 1 unspecified atom stereocenters. The Bertz CT molecular complexity index is 598. The van der Waals surface area contributed by atoms with Crippen LogP contribution in [0.2, 0.25) is 0 Å². The van der Waals surface area contributed by atoms with E-state index in [4.69, 9.17) is 0 Å². The number of hydrogen-bond acceptors (Lipinski definition) is 1. The molecule has 0 fully saturated rings. The van der Waals surface area contributed by atoms with Crippen molar-refractivity contribution in [2.75, 3.05) is 13.6 Å². The van der Waals surface area contributed by atoms with Crippen molar-refractivity contribution in [2.45, 2.75) is 19.8 Å². The van der Waals surface area contributed by atoms with E-state index in [-0.39, 0.29) is 5.82 Å². The summed E-state index contributed by atoms with van der Waals surface area (Å²) in [5, 5.41) is 3.27. The quantitative estimate of drug-likeness (QED) is 0.808. The highest BCUT2D eigenvalue weighted by atomic mass is 79.9. The number of rotatable bonds is 6. The van der Waals surface area contributed by atoms with Crippen LogP contribution in [0.4, 0.5) is 4.39 Å². The standard InChI is InChI=1S/C18H21BrFN/c1-13-8-18(20)7-6-16(13)10-15(12-21-2)9-14-4-3-5-17(19)11-14/h3-8,11,15,21H,9-10,12H2,1-2H3. The lowest BCUT2D eigenvalue weighted by molar-refractivity contribution is 0.491. The van der Waals surface area contributed by atoms with Crippen LogP contribution >= 0.6 is 15.9 Å². The highest BCUT2D eigenvalue weighted by Crippen LogP contribution is 2.20. The van der Waals surface area contributed by atoms with Crippen LogP contribution in [0.15, 0.2) is 46.9 Å². The zero-order valence-corrected chi connectivity index (χ0v) is 14.1.